The van der Waals surface area contributed by atoms with E-state index in [1.54, 1.807) is 17.3 Å². The van der Waals surface area contributed by atoms with E-state index in [2.05, 4.69) is 30.7 Å². The zero-order valence-electron chi connectivity index (χ0n) is 25.2. The van der Waals surface area contributed by atoms with Crippen molar-refractivity contribution in [1.82, 2.24) is 30.3 Å². The van der Waals surface area contributed by atoms with Crippen LogP contribution in [0.25, 0.3) is 10.9 Å². The van der Waals surface area contributed by atoms with Gasteiger partial charge in [-0.25, -0.2) is 14.6 Å². The molecule has 2 aromatic heterocycles. The van der Waals surface area contributed by atoms with Crippen molar-refractivity contribution < 1.29 is 19.1 Å². The minimum Gasteiger partial charge on any atom is -0.438 e. The number of piperazine rings is 1. The Bertz CT molecular complexity index is 1730. The van der Waals surface area contributed by atoms with Crippen molar-refractivity contribution in [3.8, 4) is 0 Å². The quantitative estimate of drug-likeness (QED) is 0.314. The van der Waals surface area contributed by atoms with Crippen LogP contribution in [0.15, 0.2) is 67.0 Å². The van der Waals surface area contributed by atoms with E-state index < -0.39 is 17.7 Å². The number of pyridine rings is 1. The first-order valence-electron chi connectivity index (χ1n) is 15.4. The van der Waals surface area contributed by atoms with E-state index in [-0.39, 0.29) is 11.9 Å². The van der Waals surface area contributed by atoms with Gasteiger partial charge in [-0.3, -0.25) is 15.2 Å². The van der Waals surface area contributed by atoms with Crippen molar-refractivity contribution in [2.45, 2.75) is 37.8 Å². The van der Waals surface area contributed by atoms with Gasteiger partial charge >= 0.3 is 12.1 Å². The van der Waals surface area contributed by atoms with Gasteiger partial charge in [-0.2, -0.15) is 5.10 Å². The van der Waals surface area contributed by atoms with Crippen LogP contribution in [0.4, 0.5) is 21.1 Å². The Morgan fingerprint density at radius 3 is 2.56 bits per heavy atom. The molecule has 2 saturated heterocycles. The SMILES string of the molecule is Cc1cc(CC(NC(=O)N2CCC3(CC2)OC(=O)Nc2ccccc23)C(=O)N2CCN(c3ccccn3)CC2)cc2cn[nH]c12. The molecule has 3 N–H and O–H groups in total. The predicted octanol–water partition coefficient (Wildman–Crippen LogP) is 3.79. The number of piperidine rings is 1. The van der Waals surface area contributed by atoms with E-state index in [4.69, 9.17) is 4.74 Å². The fourth-order valence-electron chi connectivity index (χ4n) is 6.82. The number of hydrogen-bond donors (Lipinski definition) is 3. The molecule has 232 valence electrons. The standard InChI is InChI=1S/C33H36N8O4/c1-22-18-23(19-24-21-35-38-29(22)24)20-27(30(42)40-16-14-39(15-17-40)28-8-4-5-11-34-28)36-31(43)41-12-9-33(10-13-41)25-6-2-3-7-26(25)37-32(44)45-33/h2-8,11,18-19,21,27H,9-10,12-17,20H2,1H3,(H,35,38)(H,36,43)(H,37,44). The third-order valence-electron chi connectivity index (χ3n) is 9.21. The number of fused-ring (bicyclic) bond motifs is 3. The van der Waals surface area contributed by atoms with Crippen molar-refractivity contribution in [2.75, 3.05) is 49.5 Å². The minimum absolute atomic E-state index is 0.108. The lowest BCUT2D eigenvalue weighted by molar-refractivity contribution is -0.133. The maximum absolute atomic E-state index is 14.1. The first-order valence-corrected chi connectivity index (χ1v) is 15.4. The predicted molar refractivity (Wildman–Crippen MR) is 169 cm³/mol. The number of aromatic amines is 1. The average Bonchev–Trinajstić information content (AvgIpc) is 3.54. The molecule has 7 rings (SSSR count). The highest BCUT2D eigenvalue weighted by molar-refractivity contribution is 5.90. The maximum atomic E-state index is 14.1. The number of amides is 4. The average molecular weight is 609 g/mol. The van der Waals surface area contributed by atoms with Crippen molar-refractivity contribution in [1.29, 1.82) is 0 Å². The molecule has 1 unspecified atom stereocenters. The molecule has 3 aliphatic rings. The van der Waals surface area contributed by atoms with E-state index in [0.717, 1.165) is 39.1 Å². The third-order valence-corrected chi connectivity index (χ3v) is 9.21. The zero-order chi connectivity index (χ0) is 31.0. The first kappa shape index (κ1) is 28.6. The monoisotopic (exact) mass is 608 g/mol. The summed E-state index contributed by atoms with van der Waals surface area (Å²) in [5, 5.41) is 14.0. The molecule has 1 atom stereocenters. The molecule has 3 aliphatic heterocycles. The molecule has 0 aliphatic carbocycles. The van der Waals surface area contributed by atoms with Crippen LogP contribution < -0.4 is 15.5 Å². The van der Waals surface area contributed by atoms with Gasteiger partial charge in [0.1, 0.15) is 17.5 Å². The van der Waals surface area contributed by atoms with Crippen LogP contribution in [0.2, 0.25) is 0 Å². The number of urea groups is 1. The second-order valence-electron chi connectivity index (χ2n) is 12.0. The van der Waals surface area contributed by atoms with Crippen molar-refractivity contribution in [2.24, 2.45) is 0 Å². The lowest BCUT2D eigenvalue weighted by atomic mass is 9.82. The van der Waals surface area contributed by atoms with E-state index in [1.807, 2.05) is 66.4 Å². The van der Waals surface area contributed by atoms with Gasteiger partial charge < -0.3 is 24.8 Å². The van der Waals surface area contributed by atoms with E-state index >= 15 is 0 Å². The largest absolute Gasteiger partial charge is 0.438 e. The molecule has 0 radical (unpaired) electrons. The summed E-state index contributed by atoms with van der Waals surface area (Å²) < 4.78 is 5.84. The molecule has 2 fully saturated rings. The van der Waals surface area contributed by atoms with Crippen molar-refractivity contribution in [3.63, 3.8) is 0 Å². The molecule has 12 heteroatoms. The normalized spacial score (nSPS) is 18.2. The van der Waals surface area contributed by atoms with Crippen LogP contribution in [-0.2, 0) is 21.6 Å². The molecule has 1 spiro atoms. The van der Waals surface area contributed by atoms with Crippen molar-refractivity contribution >= 4 is 40.4 Å². The first-order chi connectivity index (χ1) is 21.9. The number of carbonyl (C=O) groups excluding carboxylic acids is 3. The van der Waals surface area contributed by atoms with Gasteiger partial charge in [0.05, 0.1) is 17.4 Å². The molecule has 2 aromatic carbocycles. The van der Waals surface area contributed by atoms with Gasteiger partial charge in [0.25, 0.3) is 0 Å². The lowest BCUT2D eigenvalue weighted by Crippen LogP contribution is -2.58. The Balaban J connectivity index is 1.07. The number of H-pyrrole nitrogens is 1. The molecular formula is C33H36N8O4. The van der Waals surface area contributed by atoms with Crippen LogP contribution in [0.1, 0.15) is 29.5 Å². The summed E-state index contributed by atoms with van der Waals surface area (Å²) >= 11 is 0. The molecule has 5 heterocycles. The van der Waals surface area contributed by atoms with Gasteiger partial charge in [0.2, 0.25) is 5.91 Å². The summed E-state index contributed by atoms with van der Waals surface area (Å²) in [6.45, 7) is 5.17. The van der Waals surface area contributed by atoms with Crippen LogP contribution >= 0.6 is 0 Å². The maximum Gasteiger partial charge on any atom is 0.412 e. The smallest absolute Gasteiger partial charge is 0.412 e. The topological polar surface area (TPSA) is 136 Å². The summed E-state index contributed by atoms with van der Waals surface area (Å²) in [6, 6.07) is 16.5. The van der Waals surface area contributed by atoms with Crippen LogP contribution in [0.3, 0.4) is 0 Å². The number of aromatic nitrogens is 3. The Morgan fingerprint density at radius 2 is 1.78 bits per heavy atom. The number of nitrogens with zero attached hydrogens (tertiary/aromatic N) is 5. The third kappa shape index (κ3) is 5.63. The molecule has 4 amide bonds. The lowest BCUT2D eigenvalue weighted by Gasteiger charge is -2.44. The summed E-state index contributed by atoms with van der Waals surface area (Å²) in [7, 11) is 0. The van der Waals surface area contributed by atoms with E-state index in [9.17, 15) is 14.4 Å². The number of aryl methyl sites for hydroxylation is 1. The highest BCUT2D eigenvalue weighted by Crippen LogP contribution is 2.43. The Hall–Kier alpha value is -5.13. The number of rotatable bonds is 5. The number of ether oxygens (including phenoxy) is 1. The summed E-state index contributed by atoms with van der Waals surface area (Å²) in [5.74, 6) is 0.784. The number of likely N-dealkylation sites (tertiary alicyclic amines) is 1. The van der Waals surface area contributed by atoms with Gasteiger partial charge in [-0.05, 0) is 42.3 Å². The summed E-state index contributed by atoms with van der Waals surface area (Å²) in [6.07, 6.45) is 4.35. The Kier molecular flexibility index (Phi) is 7.48. The number of benzene rings is 2. The number of nitrogens with one attached hydrogen (secondary N) is 3. The molecular weight excluding hydrogens is 572 g/mol. The molecule has 12 nitrogen and oxygen atoms in total. The zero-order valence-corrected chi connectivity index (χ0v) is 25.2. The minimum atomic E-state index is -0.782. The summed E-state index contributed by atoms with van der Waals surface area (Å²) in [5.41, 5.74) is 3.81. The van der Waals surface area contributed by atoms with E-state index in [1.165, 1.54) is 0 Å². The van der Waals surface area contributed by atoms with Gasteiger partial charge in [-0.15, -0.1) is 0 Å². The Labute approximate surface area is 260 Å². The second kappa shape index (κ2) is 11.8. The molecule has 0 saturated carbocycles. The second-order valence-corrected chi connectivity index (χ2v) is 12.0. The van der Waals surface area contributed by atoms with Gasteiger partial charge in [-0.1, -0.05) is 30.3 Å². The molecule has 0 bridgehead atoms. The van der Waals surface area contributed by atoms with E-state index in [0.29, 0.717) is 58.5 Å². The van der Waals surface area contributed by atoms with Crippen LogP contribution in [0, 0.1) is 6.92 Å². The highest BCUT2D eigenvalue weighted by Gasteiger charge is 2.45. The van der Waals surface area contributed by atoms with Crippen molar-refractivity contribution in [3.05, 3.63) is 83.7 Å². The highest BCUT2D eigenvalue weighted by atomic mass is 16.6. The number of carbonyl (C=O) groups is 3. The van der Waals surface area contributed by atoms with Gasteiger partial charge in [0, 0.05) is 75.7 Å². The molecule has 45 heavy (non-hydrogen) atoms. The number of hydrogen-bond acceptors (Lipinski definition) is 7. The summed E-state index contributed by atoms with van der Waals surface area (Å²) in [4.78, 5) is 50.3. The van der Waals surface area contributed by atoms with Crippen LogP contribution in [0.5, 0.6) is 0 Å². The fraction of sp³-hybridized carbons (Fsp3) is 0.364. The number of anilines is 2. The number of para-hydroxylation sites is 1. The fourth-order valence-corrected chi connectivity index (χ4v) is 6.82. The molecule has 4 aromatic rings. The Morgan fingerprint density at radius 1 is 1.00 bits per heavy atom. The van der Waals surface area contributed by atoms with Crippen LogP contribution in [-0.4, -0.2) is 88.3 Å². The van der Waals surface area contributed by atoms with Gasteiger partial charge in [0.15, 0.2) is 0 Å².